The highest BCUT2D eigenvalue weighted by atomic mass is 16.3. The third kappa shape index (κ3) is 8.57. The first-order valence-electron chi connectivity index (χ1n) is 10.4. The minimum Gasteiger partial charge on any atom is -0.508 e. The number of amides is 1. The van der Waals surface area contributed by atoms with Gasteiger partial charge in [-0.15, -0.1) is 0 Å². The van der Waals surface area contributed by atoms with Gasteiger partial charge in [0.05, 0.1) is 0 Å². The van der Waals surface area contributed by atoms with Gasteiger partial charge < -0.3 is 15.7 Å². The maximum Gasteiger partial charge on any atom is 0.220 e. The molecule has 2 aromatic rings. The van der Waals surface area contributed by atoms with E-state index in [-0.39, 0.29) is 11.7 Å². The van der Waals surface area contributed by atoms with E-state index in [0.29, 0.717) is 25.3 Å². The molecule has 3 N–H and O–H groups in total. The minimum atomic E-state index is 0.0804. The molecule has 0 spiro atoms. The highest BCUT2D eigenvalue weighted by molar-refractivity contribution is 5.76. The number of nitrogens with one attached hydrogen (secondary N) is 2. The van der Waals surface area contributed by atoms with Gasteiger partial charge in [-0.1, -0.05) is 57.2 Å². The fraction of sp³-hybridized carbons (Fsp3) is 0.458. The maximum atomic E-state index is 12.1. The molecule has 0 aliphatic carbocycles. The zero-order valence-corrected chi connectivity index (χ0v) is 17.8. The van der Waals surface area contributed by atoms with E-state index >= 15 is 0 Å². The van der Waals surface area contributed by atoms with Crippen molar-refractivity contribution >= 4 is 5.91 Å². The summed E-state index contributed by atoms with van der Waals surface area (Å²) in [5, 5.41) is 15.5. The predicted octanol–water partition coefficient (Wildman–Crippen LogP) is 4.77. The van der Waals surface area contributed by atoms with Crippen molar-refractivity contribution in [3.05, 3.63) is 65.2 Å². The Kier molecular flexibility index (Phi) is 11.7. The number of phenolic OH excluding ortho intramolecular Hbond substituents is 1. The first-order valence-corrected chi connectivity index (χ1v) is 10.4. The van der Waals surface area contributed by atoms with Crippen LogP contribution in [0.3, 0.4) is 0 Å². The van der Waals surface area contributed by atoms with E-state index in [1.807, 2.05) is 33.0 Å². The van der Waals surface area contributed by atoms with Crippen LogP contribution in [-0.2, 0) is 17.8 Å². The fourth-order valence-corrected chi connectivity index (χ4v) is 3.16. The molecule has 0 aromatic heterocycles. The number of aryl methyl sites for hydroxylation is 1. The van der Waals surface area contributed by atoms with Gasteiger partial charge in [0.1, 0.15) is 5.75 Å². The largest absolute Gasteiger partial charge is 0.508 e. The van der Waals surface area contributed by atoms with E-state index in [1.165, 1.54) is 11.1 Å². The van der Waals surface area contributed by atoms with Gasteiger partial charge in [-0.05, 0) is 61.1 Å². The van der Waals surface area contributed by atoms with E-state index in [4.69, 9.17) is 0 Å². The Bertz CT molecular complexity index is 683. The molecular formula is C24H36N2O2. The van der Waals surface area contributed by atoms with Crippen molar-refractivity contribution in [1.29, 1.82) is 0 Å². The van der Waals surface area contributed by atoms with E-state index in [0.717, 1.165) is 24.9 Å². The third-order valence-corrected chi connectivity index (χ3v) is 4.69. The van der Waals surface area contributed by atoms with Crippen molar-refractivity contribution in [2.75, 3.05) is 13.6 Å². The quantitative estimate of drug-likeness (QED) is 0.553. The van der Waals surface area contributed by atoms with Gasteiger partial charge in [-0.25, -0.2) is 0 Å². The second-order valence-electron chi connectivity index (χ2n) is 6.69. The molecule has 1 atom stereocenters. The van der Waals surface area contributed by atoms with E-state index in [1.54, 1.807) is 12.1 Å². The molecule has 0 saturated carbocycles. The van der Waals surface area contributed by atoms with E-state index < -0.39 is 0 Å². The van der Waals surface area contributed by atoms with Gasteiger partial charge in [0.25, 0.3) is 0 Å². The average molecular weight is 385 g/mol. The number of phenols is 1. The summed E-state index contributed by atoms with van der Waals surface area (Å²) < 4.78 is 0. The van der Waals surface area contributed by atoms with Crippen molar-refractivity contribution < 1.29 is 9.90 Å². The highest BCUT2D eigenvalue weighted by Gasteiger charge is 2.11. The fourth-order valence-electron chi connectivity index (χ4n) is 3.16. The second-order valence-corrected chi connectivity index (χ2v) is 6.69. The van der Waals surface area contributed by atoms with Gasteiger partial charge in [-0.3, -0.25) is 4.79 Å². The molecule has 2 rings (SSSR count). The Morgan fingerprint density at radius 1 is 1.07 bits per heavy atom. The van der Waals surface area contributed by atoms with Crippen LogP contribution in [0.15, 0.2) is 48.5 Å². The van der Waals surface area contributed by atoms with Crippen LogP contribution in [0.25, 0.3) is 0 Å². The molecule has 0 heterocycles. The maximum absolute atomic E-state index is 12.1. The Balaban J connectivity index is 0.00000190. The third-order valence-electron chi connectivity index (χ3n) is 4.69. The Morgan fingerprint density at radius 3 is 2.43 bits per heavy atom. The lowest BCUT2D eigenvalue weighted by molar-refractivity contribution is -0.121. The number of hydrogen-bond donors (Lipinski definition) is 3. The first-order chi connectivity index (χ1) is 13.6. The lowest BCUT2D eigenvalue weighted by Gasteiger charge is -2.17. The SMILES string of the molecule is CC.CCC(CCNC(=O)CCc1ccc(O)cc1)c1cccc(CNC)c1. The average Bonchev–Trinajstić information content (AvgIpc) is 2.73. The molecule has 0 aliphatic rings. The summed E-state index contributed by atoms with van der Waals surface area (Å²) in [6, 6.07) is 15.7. The van der Waals surface area contributed by atoms with Crippen LogP contribution in [0.1, 0.15) is 62.6 Å². The molecule has 1 unspecified atom stereocenters. The smallest absolute Gasteiger partial charge is 0.220 e. The molecule has 0 aliphatic heterocycles. The van der Waals surface area contributed by atoms with Crippen molar-refractivity contribution in [3.8, 4) is 5.75 Å². The number of carbonyl (C=O) groups is 1. The molecule has 0 saturated heterocycles. The van der Waals surface area contributed by atoms with Crippen LogP contribution in [0, 0.1) is 0 Å². The molecule has 4 nitrogen and oxygen atoms in total. The van der Waals surface area contributed by atoms with Crippen LogP contribution in [0.2, 0.25) is 0 Å². The summed E-state index contributed by atoms with van der Waals surface area (Å²) in [4.78, 5) is 12.1. The highest BCUT2D eigenvalue weighted by Crippen LogP contribution is 2.23. The van der Waals surface area contributed by atoms with Crippen molar-refractivity contribution in [1.82, 2.24) is 10.6 Å². The standard InChI is InChI=1S/C22H30N2O2.C2H6/c1-3-19(20-6-4-5-18(15-20)16-23-2)13-14-24-22(26)12-9-17-7-10-21(25)11-8-17;1-2/h4-8,10-11,15,19,23,25H,3,9,12-14,16H2,1-2H3,(H,24,26);1-2H3. The summed E-state index contributed by atoms with van der Waals surface area (Å²) in [6.45, 7) is 7.77. The summed E-state index contributed by atoms with van der Waals surface area (Å²) in [7, 11) is 1.96. The second kappa shape index (κ2) is 13.8. The molecule has 0 bridgehead atoms. The molecule has 0 fully saturated rings. The van der Waals surface area contributed by atoms with E-state index in [2.05, 4.69) is 41.8 Å². The van der Waals surface area contributed by atoms with E-state index in [9.17, 15) is 9.90 Å². The normalized spacial score (nSPS) is 11.3. The van der Waals surface area contributed by atoms with Crippen LogP contribution in [0.5, 0.6) is 5.75 Å². The lowest BCUT2D eigenvalue weighted by Crippen LogP contribution is -2.25. The number of hydrogen-bond acceptors (Lipinski definition) is 3. The van der Waals surface area contributed by atoms with Crippen LogP contribution < -0.4 is 10.6 Å². The van der Waals surface area contributed by atoms with Gasteiger partial charge in [0.15, 0.2) is 0 Å². The minimum absolute atomic E-state index is 0.0804. The lowest BCUT2D eigenvalue weighted by atomic mass is 9.92. The Hall–Kier alpha value is -2.33. The number of aromatic hydroxyl groups is 1. The zero-order valence-electron chi connectivity index (χ0n) is 17.8. The predicted molar refractivity (Wildman–Crippen MR) is 118 cm³/mol. The summed E-state index contributed by atoms with van der Waals surface area (Å²) in [6.07, 6.45) is 3.17. The number of rotatable bonds is 10. The molecule has 2 aromatic carbocycles. The summed E-state index contributed by atoms with van der Waals surface area (Å²) in [5.41, 5.74) is 3.70. The van der Waals surface area contributed by atoms with Crippen molar-refractivity contribution in [3.63, 3.8) is 0 Å². The van der Waals surface area contributed by atoms with Gasteiger partial charge in [-0.2, -0.15) is 0 Å². The first kappa shape index (κ1) is 23.7. The molecule has 0 radical (unpaired) electrons. The van der Waals surface area contributed by atoms with Crippen LogP contribution in [-0.4, -0.2) is 24.6 Å². The van der Waals surface area contributed by atoms with Crippen molar-refractivity contribution in [2.24, 2.45) is 0 Å². The van der Waals surface area contributed by atoms with Crippen molar-refractivity contribution in [2.45, 2.75) is 58.9 Å². The zero-order chi connectivity index (χ0) is 20.8. The number of carbonyl (C=O) groups excluding carboxylic acids is 1. The van der Waals surface area contributed by atoms with Gasteiger partial charge in [0, 0.05) is 19.5 Å². The summed E-state index contributed by atoms with van der Waals surface area (Å²) in [5.74, 6) is 0.795. The van der Waals surface area contributed by atoms with Gasteiger partial charge in [0.2, 0.25) is 5.91 Å². The molecular weight excluding hydrogens is 348 g/mol. The topological polar surface area (TPSA) is 61.4 Å². The number of benzene rings is 2. The molecule has 4 heteroatoms. The molecule has 154 valence electrons. The Morgan fingerprint density at radius 2 is 1.79 bits per heavy atom. The molecule has 1 amide bonds. The Labute approximate surface area is 170 Å². The van der Waals surface area contributed by atoms with Crippen LogP contribution >= 0.6 is 0 Å². The van der Waals surface area contributed by atoms with Gasteiger partial charge >= 0.3 is 0 Å². The molecule has 28 heavy (non-hydrogen) atoms. The van der Waals surface area contributed by atoms with Crippen LogP contribution in [0.4, 0.5) is 0 Å². The summed E-state index contributed by atoms with van der Waals surface area (Å²) >= 11 is 0. The monoisotopic (exact) mass is 384 g/mol.